The lowest BCUT2D eigenvalue weighted by atomic mass is 10.0. The van der Waals surface area contributed by atoms with Gasteiger partial charge in [0.25, 0.3) is 0 Å². The van der Waals surface area contributed by atoms with Crippen molar-refractivity contribution in [3.63, 3.8) is 0 Å². The molecule has 0 saturated carbocycles. The van der Waals surface area contributed by atoms with Crippen molar-refractivity contribution in [2.75, 3.05) is 7.05 Å². The standard InChI is InChI=1S/C14H15NO3/c1-15-9-11-5-3-2-4-10(11)8-12(15)6-7-13(16)14(17)18/h2-5,8-9,12H,6-7H2,1H3,(H,17,18). The first-order chi connectivity index (χ1) is 8.58. The molecule has 0 bridgehead atoms. The third-order valence-electron chi connectivity index (χ3n) is 3.14. The van der Waals surface area contributed by atoms with Crippen LogP contribution in [0.4, 0.5) is 0 Å². The van der Waals surface area contributed by atoms with Crippen LogP contribution in [0.3, 0.4) is 0 Å². The van der Waals surface area contributed by atoms with Gasteiger partial charge in [-0.15, -0.1) is 0 Å². The molecule has 0 radical (unpaired) electrons. The smallest absolute Gasteiger partial charge is 0.372 e. The van der Waals surface area contributed by atoms with Crippen LogP contribution in [-0.2, 0) is 9.59 Å². The maximum Gasteiger partial charge on any atom is 0.372 e. The van der Waals surface area contributed by atoms with Gasteiger partial charge in [-0.25, -0.2) is 4.79 Å². The van der Waals surface area contributed by atoms with E-state index in [9.17, 15) is 9.59 Å². The zero-order chi connectivity index (χ0) is 13.1. The van der Waals surface area contributed by atoms with E-state index in [0.717, 1.165) is 10.4 Å². The fraction of sp³-hybridized carbons (Fsp3) is 0.286. The average Bonchev–Trinajstić information content (AvgIpc) is 2.35. The van der Waals surface area contributed by atoms with Crippen LogP contribution in [0.2, 0.25) is 0 Å². The summed E-state index contributed by atoms with van der Waals surface area (Å²) in [6.07, 6.45) is 4.68. The van der Waals surface area contributed by atoms with Crippen molar-refractivity contribution in [1.82, 2.24) is 4.90 Å². The van der Waals surface area contributed by atoms with E-state index in [0.29, 0.717) is 6.42 Å². The number of nitrogens with zero attached hydrogens (tertiary/aromatic N) is 1. The van der Waals surface area contributed by atoms with Crippen molar-refractivity contribution in [2.24, 2.45) is 0 Å². The van der Waals surface area contributed by atoms with E-state index in [1.54, 1.807) is 0 Å². The monoisotopic (exact) mass is 245 g/mol. The van der Waals surface area contributed by atoms with E-state index in [-0.39, 0.29) is 12.5 Å². The molecule has 1 aromatic carbocycles. The minimum atomic E-state index is -1.35. The summed E-state index contributed by atoms with van der Waals surface area (Å²) < 4.78 is 0. The molecular formula is C14H15NO3. The van der Waals surface area contributed by atoms with Gasteiger partial charge in [0, 0.05) is 25.7 Å². The number of hydrogen-bond acceptors (Lipinski definition) is 3. The van der Waals surface area contributed by atoms with Gasteiger partial charge >= 0.3 is 5.97 Å². The van der Waals surface area contributed by atoms with E-state index in [2.05, 4.69) is 6.08 Å². The van der Waals surface area contributed by atoms with E-state index in [1.165, 1.54) is 0 Å². The Bertz CT molecular complexity index is 591. The zero-order valence-electron chi connectivity index (χ0n) is 10.2. The van der Waals surface area contributed by atoms with Crippen molar-refractivity contribution >= 4 is 24.0 Å². The highest BCUT2D eigenvalue weighted by molar-refractivity contribution is 6.32. The molecule has 0 fully saturated rings. The van der Waals surface area contributed by atoms with Crippen molar-refractivity contribution in [3.05, 3.63) is 34.7 Å². The van der Waals surface area contributed by atoms with E-state index >= 15 is 0 Å². The number of carbonyl (C=O) groups excluding carboxylic acids is 1. The predicted molar refractivity (Wildman–Crippen MR) is 68.0 cm³/mol. The number of hydrogen-bond donors (Lipinski definition) is 1. The topological polar surface area (TPSA) is 57.6 Å². The lowest BCUT2D eigenvalue weighted by Crippen LogP contribution is -2.39. The molecule has 18 heavy (non-hydrogen) atoms. The Labute approximate surface area is 105 Å². The number of Topliss-reactive ketones (excluding diaryl/α,β-unsaturated/α-hetero) is 1. The van der Waals surface area contributed by atoms with Gasteiger partial charge in [0.05, 0.1) is 0 Å². The lowest BCUT2D eigenvalue weighted by Gasteiger charge is -2.26. The lowest BCUT2D eigenvalue weighted by molar-refractivity contribution is -0.149. The van der Waals surface area contributed by atoms with Gasteiger partial charge in [0.15, 0.2) is 0 Å². The molecule has 0 aromatic heterocycles. The third-order valence-corrected chi connectivity index (χ3v) is 3.14. The van der Waals surface area contributed by atoms with Gasteiger partial charge in [-0.1, -0.05) is 30.3 Å². The molecule has 0 spiro atoms. The van der Waals surface area contributed by atoms with Gasteiger partial charge < -0.3 is 10.0 Å². The SMILES string of the molecule is CN1C=c2ccccc2=CC1CCC(=O)C(=O)O. The van der Waals surface area contributed by atoms with E-state index < -0.39 is 11.8 Å². The summed E-state index contributed by atoms with van der Waals surface area (Å²) in [7, 11) is 1.93. The first-order valence-corrected chi connectivity index (χ1v) is 5.85. The molecule has 0 amide bonds. The Hall–Kier alpha value is -2.10. The molecule has 1 aliphatic rings. The largest absolute Gasteiger partial charge is 0.476 e. The number of benzene rings is 1. The molecular weight excluding hydrogens is 230 g/mol. The summed E-state index contributed by atoms with van der Waals surface area (Å²) in [4.78, 5) is 23.6. The average molecular weight is 245 g/mol. The van der Waals surface area contributed by atoms with Gasteiger partial charge in [0.2, 0.25) is 5.78 Å². The third kappa shape index (κ3) is 2.59. The van der Waals surface area contributed by atoms with Gasteiger partial charge in [-0.05, 0) is 16.9 Å². The number of carbonyl (C=O) groups is 2. The van der Waals surface area contributed by atoms with Crippen LogP contribution in [-0.4, -0.2) is 34.8 Å². The quantitative estimate of drug-likeness (QED) is 0.756. The second-order valence-electron chi connectivity index (χ2n) is 4.42. The van der Waals surface area contributed by atoms with Crippen LogP contribution < -0.4 is 10.4 Å². The highest BCUT2D eigenvalue weighted by Crippen LogP contribution is 2.09. The van der Waals surface area contributed by atoms with Gasteiger partial charge in [0.1, 0.15) is 0 Å². The molecule has 0 saturated heterocycles. The number of aliphatic carboxylic acids is 1. The molecule has 4 nitrogen and oxygen atoms in total. The molecule has 94 valence electrons. The summed E-state index contributed by atoms with van der Waals surface area (Å²) in [5.74, 6) is -2.08. The zero-order valence-corrected chi connectivity index (χ0v) is 10.2. The van der Waals surface area contributed by atoms with E-state index in [4.69, 9.17) is 5.11 Å². The highest BCUT2D eigenvalue weighted by Gasteiger charge is 2.17. The molecule has 1 aliphatic heterocycles. The minimum Gasteiger partial charge on any atom is -0.476 e. The first-order valence-electron chi connectivity index (χ1n) is 5.85. The Morgan fingerprint density at radius 2 is 1.94 bits per heavy atom. The van der Waals surface area contributed by atoms with Gasteiger partial charge in [-0.2, -0.15) is 0 Å². The van der Waals surface area contributed by atoms with Crippen molar-refractivity contribution < 1.29 is 14.7 Å². The van der Waals surface area contributed by atoms with Crippen LogP contribution in [0, 0.1) is 0 Å². The number of carboxylic acids is 1. The van der Waals surface area contributed by atoms with Crippen molar-refractivity contribution in [3.8, 4) is 0 Å². The summed E-state index contributed by atoms with van der Waals surface area (Å²) in [6, 6.07) is 8.06. The predicted octanol–water partition coefficient (Wildman–Crippen LogP) is -0.0470. The Kier molecular flexibility index (Phi) is 3.46. The minimum absolute atomic E-state index is 0.0663. The summed E-state index contributed by atoms with van der Waals surface area (Å²) >= 11 is 0. The van der Waals surface area contributed by atoms with Crippen LogP contribution in [0.15, 0.2) is 24.3 Å². The van der Waals surface area contributed by atoms with Crippen LogP contribution in [0.25, 0.3) is 12.3 Å². The van der Waals surface area contributed by atoms with Crippen LogP contribution in [0.5, 0.6) is 0 Å². The molecule has 1 atom stereocenters. The van der Waals surface area contributed by atoms with Crippen LogP contribution >= 0.6 is 0 Å². The molecule has 1 unspecified atom stereocenters. The molecule has 4 heteroatoms. The Morgan fingerprint density at radius 3 is 2.61 bits per heavy atom. The van der Waals surface area contributed by atoms with E-state index in [1.807, 2.05) is 42.4 Å². The Morgan fingerprint density at radius 1 is 1.28 bits per heavy atom. The maximum atomic E-state index is 11.1. The molecule has 2 rings (SSSR count). The second-order valence-corrected chi connectivity index (χ2v) is 4.42. The summed E-state index contributed by atoms with van der Waals surface area (Å²) in [6.45, 7) is 0. The maximum absolute atomic E-state index is 11.1. The summed E-state index contributed by atoms with van der Waals surface area (Å²) in [5, 5.41) is 10.8. The molecule has 1 N–H and O–H groups in total. The molecule has 1 heterocycles. The van der Waals surface area contributed by atoms with Crippen LogP contribution in [0.1, 0.15) is 12.8 Å². The number of ketones is 1. The number of carboxylic acid groups (broad SMARTS) is 1. The van der Waals surface area contributed by atoms with Crippen molar-refractivity contribution in [1.29, 1.82) is 0 Å². The number of fused-ring (bicyclic) bond motifs is 1. The normalized spacial score (nSPS) is 17.4. The number of rotatable bonds is 4. The van der Waals surface area contributed by atoms with Gasteiger partial charge in [-0.3, -0.25) is 4.79 Å². The molecule has 0 aliphatic carbocycles. The summed E-state index contributed by atoms with van der Waals surface area (Å²) in [5.41, 5.74) is 0. The fourth-order valence-corrected chi connectivity index (χ4v) is 2.09. The Balaban J connectivity index is 2.15. The second kappa shape index (κ2) is 5.04. The molecule has 1 aromatic rings. The fourth-order valence-electron chi connectivity index (χ4n) is 2.09. The first kappa shape index (κ1) is 12.4. The van der Waals surface area contributed by atoms with Crippen molar-refractivity contribution in [2.45, 2.75) is 18.9 Å². The highest BCUT2D eigenvalue weighted by atomic mass is 16.4.